The first kappa shape index (κ1) is 13.5. The smallest absolute Gasteiger partial charge is 0.306 e. The van der Waals surface area contributed by atoms with Crippen molar-refractivity contribution in [3.05, 3.63) is 35.0 Å². The highest BCUT2D eigenvalue weighted by atomic mass is 35.5. The Morgan fingerprint density at radius 2 is 2.15 bits per heavy atom. The molecule has 2 heterocycles. The summed E-state index contributed by atoms with van der Waals surface area (Å²) in [6, 6.07) is 5.84. The number of hydrogen-bond donors (Lipinski definition) is 2. The van der Waals surface area contributed by atoms with E-state index >= 15 is 0 Å². The number of piperidine rings is 1. The molecule has 0 aliphatic carbocycles. The van der Waals surface area contributed by atoms with Crippen LogP contribution in [0.2, 0.25) is 5.02 Å². The van der Waals surface area contributed by atoms with Gasteiger partial charge in [0.2, 0.25) is 0 Å². The molecule has 1 aliphatic rings. The molecule has 1 saturated heterocycles. The quantitative estimate of drug-likeness (QED) is 0.914. The maximum Gasteiger partial charge on any atom is 0.306 e. The van der Waals surface area contributed by atoms with E-state index in [0.29, 0.717) is 0 Å². The van der Waals surface area contributed by atoms with Gasteiger partial charge in [-0.1, -0.05) is 11.6 Å². The Bertz CT molecular complexity index is 630. The Morgan fingerprint density at radius 3 is 2.85 bits per heavy atom. The fourth-order valence-corrected chi connectivity index (χ4v) is 3.03. The Morgan fingerprint density at radius 1 is 1.40 bits per heavy atom. The Labute approximate surface area is 122 Å². The lowest BCUT2D eigenvalue weighted by atomic mass is 9.97. The monoisotopic (exact) mass is 292 g/mol. The molecule has 1 fully saturated rings. The van der Waals surface area contributed by atoms with Gasteiger partial charge in [-0.2, -0.15) is 0 Å². The molecule has 1 aromatic heterocycles. The molecule has 0 spiro atoms. The third-order valence-corrected chi connectivity index (χ3v) is 4.30. The van der Waals surface area contributed by atoms with Gasteiger partial charge in [0.25, 0.3) is 0 Å². The highest BCUT2D eigenvalue weighted by molar-refractivity contribution is 6.31. The standard InChI is InChI=1S/C15H17ClN2O2/c16-12-1-2-14-13(7-12)11(8-17-14)9-18-5-3-10(4-6-18)15(19)20/h1-2,7-8,10,17H,3-6,9H2,(H,19,20). The summed E-state index contributed by atoms with van der Waals surface area (Å²) in [5.74, 6) is -0.841. The summed E-state index contributed by atoms with van der Waals surface area (Å²) in [6.07, 6.45) is 3.49. The van der Waals surface area contributed by atoms with Crippen LogP contribution in [0.5, 0.6) is 0 Å². The van der Waals surface area contributed by atoms with Crippen molar-refractivity contribution in [2.45, 2.75) is 19.4 Å². The number of fused-ring (bicyclic) bond motifs is 1. The first-order chi connectivity index (χ1) is 9.63. The molecule has 4 nitrogen and oxygen atoms in total. The van der Waals surface area contributed by atoms with E-state index in [4.69, 9.17) is 16.7 Å². The molecule has 0 saturated carbocycles. The molecule has 1 aromatic carbocycles. The molecule has 0 amide bonds. The van der Waals surface area contributed by atoms with Gasteiger partial charge in [-0.05, 0) is 49.7 Å². The van der Waals surface area contributed by atoms with Crippen molar-refractivity contribution in [1.82, 2.24) is 9.88 Å². The molecule has 106 valence electrons. The number of benzene rings is 1. The lowest BCUT2D eigenvalue weighted by molar-refractivity contribution is -0.143. The van der Waals surface area contributed by atoms with Crippen molar-refractivity contribution in [3.63, 3.8) is 0 Å². The lowest BCUT2D eigenvalue weighted by Gasteiger charge is -2.29. The highest BCUT2D eigenvalue weighted by Gasteiger charge is 2.24. The molecule has 1 aliphatic heterocycles. The van der Waals surface area contributed by atoms with Crippen LogP contribution in [0.25, 0.3) is 10.9 Å². The molecule has 0 bridgehead atoms. The molecule has 0 unspecified atom stereocenters. The van der Waals surface area contributed by atoms with Crippen molar-refractivity contribution in [2.24, 2.45) is 5.92 Å². The molecule has 0 atom stereocenters. The zero-order valence-electron chi connectivity index (χ0n) is 11.1. The zero-order chi connectivity index (χ0) is 14.1. The maximum absolute atomic E-state index is 11.0. The number of H-pyrrole nitrogens is 1. The number of aromatic nitrogens is 1. The molecule has 2 aromatic rings. The van der Waals surface area contributed by atoms with E-state index in [1.807, 2.05) is 24.4 Å². The third-order valence-electron chi connectivity index (χ3n) is 4.06. The molecular weight excluding hydrogens is 276 g/mol. The molecule has 0 radical (unpaired) electrons. The summed E-state index contributed by atoms with van der Waals surface area (Å²) in [4.78, 5) is 16.5. The number of carboxylic acids is 1. The van der Waals surface area contributed by atoms with Crippen molar-refractivity contribution >= 4 is 28.5 Å². The minimum absolute atomic E-state index is 0.177. The van der Waals surface area contributed by atoms with Crippen LogP contribution < -0.4 is 0 Å². The fraction of sp³-hybridized carbons (Fsp3) is 0.400. The van der Waals surface area contributed by atoms with Crippen molar-refractivity contribution in [3.8, 4) is 0 Å². The van der Waals surface area contributed by atoms with Crippen molar-refractivity contribution in [1.29, 1.82) is 0 Å². The summed E-state index contributed by atoms with van der Waals surface area (Å²) in [7, 11) is 0. The van der Waals surface area contributed by atoms with Crippen LogP contribution in [-0.4, -0.2) is 34.0 Å². The molecule has 5 heteroatoms. The van der Waals surface area contributed by atoms with Crippen LogP contribution >= 0.6 is 11.6 Å². The maximum atomic E-state index is 11.0. The summed E-state index contributed by atoms with van der Waals surface area (Å²) < 4.78 is 0. The van der Waals surface area contributed by atoms with Gasteiger partial charge in [0.15, 0.2) is 0 Å². The van der Waals surface area contributed by atoms with Gasteiger partial charge in [-0.15, -0.1) is 0 Å². The summed E-state index contributed by atoms with van der Waals surface area (Å²) in [5, 5.41) is 10.9. The van der Waals surface area contributed by atoms with Crippen molar-refractivity contribution < 1.29 is 9.90 Å². The summed E-state index contributed by atoms with van der Waals surface area (Å²) in [5.41, 5.74) is 2.31. The second-order valence-corrected chi connectivity index (χ2v) is 5.83. The predicted molar refractivity (Wildman–Crippen MR) is 78.9 cm³/mol. The van der Waals surface area contributed by atoms with Gasteiger partial charge in [0.05, 0.1) is 5.92 Å². The topological polar surface area (TPSA) is 56.3 Å². The van der Waals surface area contributed by atoms with Gasteiger partial charge in [-0.3, -0.25) is 9.69 Å². The third kappa shape index (κ3) is 2.67. The number of aliphatic carboxylic acids is 1. The second kappa shape index (κ2) is 5.46. The number of aromatic amines is 1. The van der Waals surface area contributed by atoms with E-state index in [0.717, 1.165) is 48.4 Å². The number of carbonyl (C=O) groups is 1. The van der Waals surface area contributed by atoms with Gasteiger partial charge in [-0.25, -0.2) is 0 Å². The van der Waals surface area contributed by atoms with Crippen LogP contribution in [-0.2, 0) is 11.3 Å². The van der Waals surface area contributed by atoms with Crippen LogP contribution in [0.4, 0.5) is 0 Å². The average molecular weight is 293 g/mol. The van der Waals surface area contributed by atoms with Gasteiger partial charge in [0, 0.05) is 28.7 Å². The number of nitrogens with zero attached hydrogens (tertiary/aromatic N) is 1. The Balaban J connectivity index is 1.71. The van der Waals surface area contributed by atoms with Crippen molar-refractivity contribution in [2.75, 3.05) is 13.1 Å². The minimum atomic E-state index is -0.663. The first-order valence-corrected chi connectivity index (χ1v) is 7.22. The van der Waals surface area contributed by atoms with E-state index in [-0.39, 0.29) is 5.92 Å². The first-order valence-electron chi connectivity index (χ1n) is 6.84. The Hall–Kier alpha value is -1.52. The number of rotatable bonds is 3. The van der Waals surface area contributed by atoms with Gasteiger partial charge < -0.3 is 10.1 Å². The van der Waals surface area contributed by atoms with E-state index < -0.39 is 5.97 Å². The molecule has 2 N–H and O–H groups in total. The highest BCUT2D eigenvalue weighted by Crippen LogP contribution is 2.25. The minimum Gasteiger partial charge on any atom is -0.481 e. The number of nitrogens with one attached hydrogen (secondary N) is 1. The number of hydrogen-bond acceptors (Lipinski definition) is 2. The SMILES string of the molecule is O=C(O)C1CCN(Cc2c[nH]c3ccc(Cl)cc23)CC1. The molecular formula is C15H17ClN2O2. The van der Waals surface area contributed by atoms with Gasteiger partial charge in [0.1, 0.15) is 0 Å². The van der Waals surface area contributed by atoms with Crippen LogP contribution in [0.15, 0.2) is 24.4 Å². The Kier molecular flexibility index (Phi) is 3.68. The second-order valence-electron chi connectivity index (χ2n) is 5.39. The fourth-order valence-electron chi connectivity index (χ4n) is 2.86. The largest absolute Gasteiger partial charge is 0.481 e. The number of likely N-dealkylation sites (tertiary alicyclic amines) is 1. The normalized spacial score (nSPS) is 17.6. The predicted octanol–water partition coefficient (Wildman–Crippen LogP) is 3.12. The molecule has 3 rings (SSSR count). The zero-order valence-corrected chi connectivity index (χ0v) is 11.9. The van der Waals surface area contributed by atoms with Gasteiger partial charge >= 0.3 is 5.97 Å². The summed E-state index contributed by atoms with van der Waals surface area (Å²) >= 11 is 6.05. The average Bonchev–Trinajstić information content (AvgIpc) is 2.82. The van der Waals surface area contributed by atoms with E-state index in [2.05, 4.69) is 9.88 Å². The van der Waals surface area contributed by atoms with Crippen LogP contribution in [0.1, 0.15) is 18.4 Å². The lowest BCUT2D eigenvalue weighted by Crippen LogP contribution is -2.35. The van der Waals surface area contributed by atoms with E-state index in [1.54, 1.807) is 0 Å². The van der Waals surface area contributed by atoms with Crippen LogP contribution in [0, 0.1) is 5.92 Å². The van der Waals surface area contributed by atoms with E-state index in [1.165, 1.54) is 5.56 Å². The molecule has 20 heavy (non-hydrogen) atoms. The number of halogens is 1. The van der Waals surface area contributed by atoms with Crippen LogP contribution in [0.3, 0.4) is 0 Å². The summed E-state index contributed by atoms with van der Waals surface area (Å²) in [6.45, 7) is 2.51. The van der Waals surface area contributed by atoms with E-state index in [9.17, 15) is 4.79 Å². The number of carboxylic acid groups (broad SMARTS) is 1.